The number of benzene rings is 10. The van der Waals surface area contributed by atoms with Gasteiger partial charge in [0, 0.05) is 21.9 Å². The molecule has 11 rings (SSSR count). The molecule has 0 aliphatic carbocycles. The van der Waals surface area contributed by atoms with Crippen molar-refractivity contribution >= 4 is 65.0 Å². The van der Waals surface area contributed by atoms with Crippen LogP contribution in [0.3, 0.4) is 0 Å². The van der Waals surface area contributed by atoms with Crippen LogP contribution in [-0.4, -0.2) is 0 Å². The molecule has 0 spiro atoms. The molecule has 0 aliphatic rings. The molecule has 0 fully saturated rings. The fraction of sp³-hybridized carbons (Fsp3) is 0. The second kappa shape index (κ2) is 11.8. The Morgan fingerprint density at radius 3 is 1.51 bits per heavy atom. The van der Waals surface area contributed by atoms with Crippen molar-refractivity contribution in [2.45, 2.75) is 0 Å². The molecule has 0 radical (unpaired) electrons. The molecule has 0 aliphatic heterocycles. The lowest BCUT2D eigenvalue weighted by molar-refractivity contribution is 0.671. The molecule has 11 aromatic rings. The van der Waals surface area contributed by atoms with Crippen LogP contribution in [0.5, 0.6) is 0 Å². The van der Waals surface area contributed by atoms with Crippen molar-refractivity contribution in [3.05, 3.63) is 194 Å². The van der Waals surface area contributed by atoms with E-state index in [2.05, 4.69) is 0 Å². The molecular weight excluding hydrogens is 641 g/mol. The summed E-state index contributed by atoms with van der Waals surface area (Å²) >= 11 is 0. The van der Waals surface area contributed by atoms with Gasteiger partial charge in [-0.3, -0.25) is 0 Å². The highest BCUT2D eigenvalue weighted by Gasteiger charge is 2.18. The molecule has 1 aromatic heterocycles. The highest BCUT2D eigenvalue weighted by molar-refractivity contribution is 6.22. The fourth-order valence-corrected chi connectivity index (χ4v) is 7.24. The second-order valence-electron chi connectivity index (χ2n) is 12.5. The molecule has 0 amide bonds. The first-order valence-corrected chi connectivity index (χ1v) is 16.7. The molecule has 53 heavy (non-hydrogen) atoms. The summed E-state index contributed by atoms with van der Waals surface area (Å²) in [6.07, 6.45) is 0. The first-order valence-electron chi connectivity index (χ1n) is 26.2. The molecule has 10 aromatic carbocycles. The molecule has 0 unspecified atom stereocenters. The van der Waals surface area contributed by atoms with Crippen LogP contribution in [-0.2, 0) is 0 Å². The van der Waals surface area contributed by atoms with Crippen LogP contribution in [0.2, 0.25) is 0 Å². The monoisotopic (exact) mass is 691 g/mol. The normalized spacial score (nSPS) is 16.8. The summed E-state index contributed by atoms with van der Waals surface area (Å²) in [6, 6.07) is 9.47. The summed E-state index contributed by atoms with van der Waals surface area (Å²) in [6.45, 7) is 0. The van der Waals surface area contributed by atoms with Gasteiger partial charge in [-0.15, -0.1) is 0 Å². The van der Waals surface area contributed by atoms with Crippen molar-refractivity contribution in [3.63, 3.8) is 0 Å². The zero-order chi connectivity index (χ0) is 51.4. The minimum Gasteiger partial charge on any atom is -0.455 e. The zero-order valence-electron chi connectivity index (χ0n) is 46.4. The van der Waals surface area contributed by atoms with Crippen molar-refractivity contribution in [1.82, 2.24) is 0 Å². The van der Waals surface area contributed by atoms with Gasteiger partial charge in [0.2, 0.25) is 0 Å². The van der Waals surface area contributed by atoms with E-state index in [-0.39, 0.29) is 16.7 Å². The van der Waals surface area contributed by atoms with E-state index in [1.807, 2.05) is 66.7 Å². The van der Waals surface area contributed by atoms with Crippen LogP contribution < -0.4 is 0 Å². The first kappa shape index (κ1) is 16.6. The quantitative estimate of drug-likeness (QED) is 0.167. The highest BCUT2D eigenvalue weighted by atomic mass is 16.3. The maximum atomic E-state index is 9.82. The molecule has 0 saturated heterocycles. The van der Waals surface area contributed by atoms with Crippen molar-refractivity contribution in [2.75, 3.05) is 0 Å². The average Bonchev–Trinajstić information content (AvgIpc) is 3.77. The van der Waals surface area contributed by atoms with E-state index in [4.69, 9.17) is 16.8 Å². The SMILES string of the molecule is [2H]c1c([2H])c([2H])c(-c2c3c([2H])c([2H])c([2H])c([2H])c3c(-c3c([2H])c([2H])c4c([2H])c(-c5cccc6c5oc5c(-c7ccc8ccccc8c7)cccc56)c([2H])c([2H])c4c3[2H])c3c([2H])c([2H])c([2H])c([2H])c23)c([2H])c1[2H]. The lowest BCUT2D eigenvalue weighted by Crippen LogP contribution is -1.90. The maximum Gasteiger partial charge on any atom is 0.143 e. The van der Waals surface area contributed by atoms with E-state index in [0.29, 0.717) is 11.0 Å². The van der Waals surface area contributed by atoms with E-state index in [1.54, 1.807) is 12.1 Å². The summed E-state index contributed by atoms with van der Waals surface area (Å²) in [7, 11) is 0. The third-order valence-electron chi connectivity index (χ3n) is 9.60. The van der Waals surface area contributed by atoms with E-state index in [9.17, 15) is 13.7 Å². The Kier molecular flexibility index (Phi) is 3.69. The summed E-state index contributed by atoms with van der Waals surface area (Å²) < 4.78 is 180. The maximum absolute atomic E-state index is 9.82. The van der Waals surface area contributed by atoms with Gasteiger partial charge in [0.05, 0.1) is 26.0 Å². The van der Waals surface area contributed by atoms with Crippen molar-refractivity contribution in [3.8, 4) is 44.5 Å². The lowest BCUT2D eigenvalue weighted by atomic mass is 9.85. The van der Waals surface area contributed by atoms with Gasteiger partial charge >= 0.3 is 0 Å². The van der Waals surface area contributed by atoms with Gasteiger partial charge in [0.15, 0.2) is 0 Å². The average molecular weight is 692 g/mol. The van der Waals surface area contributed by atoms with Crippen molar-refractivity contribution in [1.29, 1.82) is 0 Å². The minimum atomic E-state index is -0.872. The molecule has 1 heteroatoms. The Morgan fingerprint density at radius 1 is 0.340 bits per heavy atom. The molecule has 1 nitrogen and oxygen atoms in total. The summed E-state index contributed by atoms with van der Waals surface area (Å²) in [5.74, 6) is 0. The lowest BCUT2D eigenvalue weighted by Gasteiger charge is -2.18. The zero-order valence-corrected chi connectivity index (χ0v) is 27.4. The van der Waals surface area contributed by atoms with Gasteiger partial charge in [-0.25, -0.2) is 0 Å². The number of fused-ring (bicyclic) bond motifs is 7. The van der Waals surface area contributed by atoms with E-state index >= 15 is 0 Å². The van der Waals surface area contributed by atoms with Crippen LogP contribution in [0.4, 0.5) is 0 Å². The van der Waals surface area contributed by atoms with E-state index in [0.717, 1.165) is 27.3 Å². The van der Waals surface area contributed by atoms with Crippen LogP contribution >= 0.6 is 0 Å². The van der Waals surface area contributed by atoms with Gasteiger partial charge in [-0.05, 0) is 94.6 Å². The minimum absolute atomic E-state index is 0.147. The Morgan fingerprint density at radius 2 is 0.868 bits per heavy atom. The summed E-state index contributed by atoms with van der Waals surface area (Å²) in [4.78, 5) is 0. The molecule has 0 bridgehead atoms. The molecule has 246 valence electrons. The van der Waals surface area contributed by atoms with Gasteiger partial charge in [-0.2, -0.15) is 0 Å². The number of hydrogen-bond donors (Lipinski definition) is 0. The third kappa shape index (κ3) is 4.71. The number of rotatable bonds is 4. The molecular formula is C52H32O. The second-order valence-corrected chi connectivity index (χ2v) is 12.5. The standard InChI is InChI=1S/C52H32O/c1-2-13-34(14-3-1)49-43-16-6-8-18-45(43)50(46-19-9-7-17-44(46)49)40-29-26-36-31-39(28-25-37(36)32-40)42-21-11-23-48-47-22-10-20-41(51(47)53-52(42)48)38-27-24-33-12-4-5-15-35(33)30-38/h1-32H/i1D,2D,3D,6D,7D,8D,9D,13D,14D,16D,17D,18D,19D,25D,26D,28D,29D,31D,32D. The van der Waals surface area contributed by atoms with Gasteiger partial charge in [-0.1, -0.05) is 176 Å². The summed E-state index contributed by atoms with van der Waals surface area (Å²) in [5, 5.41) is 0.199. The van der Waals surface area contributed by atoms with Crippen LogP contribution in [0, 0.1) is 0 Å². The first-order chi connectivity index (χ1) is 34.2. The predicted molar refractivity (Wildman–Crippen MR) is 225 cm³/mol. The number of para-hydroxylation sites is 2. The Labute approximate surface area is 333 Å². The largest absolute Gasteiger partial charge is 0.455 e. The number of hydrogen-bond acceptors (Lipinski definition) is 1. The molecule has 0 atom stereocenters. The van der Waals surface area contributed by atoms with Gasteiger partial charge in [0.25, 0.3) is 0 Å². The Hall–Kier alpha value is -6.96. The van der Waals surface area contributed by atoms with Crippen LogP contribution in [0.1, 0.15) is 26.0 Å². The third-order valence-corrected chi connectivity index (χ3v) is 9.60. The smallest absolute Gasteiger partial charge is 0.143 e. The molecule has 0 saturated carbocycles. The van der Waals surface area contributed by atoms with Crippen LogP contribution in [0.25, 0.3) is 110 Å². The van der Waals surface area contributed by atoms with E-state index < -0.39 is 169 Å². The topological polar surface area (TPSA) is 13.1 Å². The van der Waals surface area contributed by atoms with Gasteiger partial charge in [0.1, 0.15) is 11.2 Å². The van der Waals surface area contributed by atoms with E-state index in [1.165, 1.54) is 0 Å². The fourth-order valence-electron chi connectivity index (χ4n) is 7.24. The Balaban J connectivity index is 1.26. The summed E-state index contributed by atoms with van der Waals surface area (Å²) in [5.41, 5.74) is 0.0489. The predicted octanol–water partition coefficient (Wildman–Crippen LogP) is 14.9. The molecule has 1 heterocycles. The van der Waals surface area contributed by atoms with Gasteiger partial charge < -0.3 is 4.42 Å². The van der Waals surface area contributed by atoms with Crippen LogP contribution in [0.15, 0.2) is 198 Å². The highest BCUT2D eigenvalue weighted by Crippen LogP contribution is 2.45. The Bertz CT molecular complexity index is 4220. The number of furan rings is 1. The van der Waals surface area contributed by atoms with Crippen molar-refractivity contribution < 1.29 is 30.5 Å². The molecule has 0 N–H and O–H groups in total. The van der Waals surface area contributed by atoms with Crippen molar-refractivity contribution in [2.24, 2.45) is 0 Å².